The Morgan fingerprint density at radius 1 is 1.20 bits per heavy atom. The lowest BCUT2D eigenvalue weighted by Gasteiger charge is -2.33. The van der Waals surface area contributed by atoms with Gasteiger partial charge in [0.05, 0.1) is 0 Å². The lowest BCUT2D eigenvalue weighted by atomic mass is 9.75. The molecule has 1 rings (SSSR count). The van der Waals surface area contributed by atoms with Crippen molar-refractivity contribution in [3.63, 3.8) is 0 Å². The molecular formula is C14H29N. The minimum Gasteiger partial charge on any atom is -0.317 e. The smallest absolute Gasteiger partial charge is 0.00155 e. The molecule has 90 valence electrons. The monoisotopic (exact) mass is 211 g/mol. The molecular weight excluding hydrogens is 182 g/mol. The zero-order valence-corrected chi connectivity index (χ0v) is 11.1. The van der Waals surface area contributed by atoms with Crippen LogP contribution in [0.2, 0.25) is 0 Å². The van der Waals surface area contributed by atoms with Crippen LogP contribution in [0.1, 0.15) is 59.8 Å². The van der Waals surface area contributed by atoms with Crippen molar-refractivity contribution in [3.8, 4) is 0 Å². The largest absolute Gasteiger partial charge is 0.317 e. The van der Waals surface area contributed by atoms with Gasteiger partial charge in [-0.15, -0.1) is 0 Å². The van der Waals surface area contributed by atoms with Gasteiger partial charge < -0.3 is 5.32 Å². The summed E-state index contributed by atoms with van der Waals surface area (Å²) in [4.78, 5) is 0. The normalized spacial score (nSPS) is 20.8. The Labute approximate surface area is 96.0 Å². The van der Waals surface area contributed by atoms with E-state index in [2.05, 4.69) is 33.0 Å². The van der Waals surface area contributed by atoms with E-state index >= 15 is 0 Å². The molecule has 1 saturated carbocycles. The topological polar surface area (TPSA) is 12.0 Å². The van der Waals surface area contributed by atoms with Gasteiger partial charge in [-0.3, -0.25) is 0 Å². The van der Waals surface area contributed by atoms with Crippen LogP contribution in [0.5, 0.6) is 0 Å². The van der Waals surface area contributed by atoms with E-state index in [4.69, 9.17) is 0 Å². The standard InChI is InChI=1S/C14H29N/c1-5-15-11-13(14(2,3)4)10-12-8-6-7-9-12/h12-13,15H,5-11H2,1-4H3. The zero-order chi connectivity index (χ0) is 11.3. The molecule has 0 saturated heterocycles. The molecule has 1 N–H and O–H groups in total. The van der Waals surface area contributed by atoms with Crippen LogP contribution in [-0.2, 0) is 0 Å². The highest BCUT2D eigenvalue weighted by atomic mass is 14.8. The average Bonchev–Trinajstić information content (AvgIpc) is 2.62. The Hall–Kier alpha value is -0.0400. The summed E-state index contributed by atoms with van der Waals surface area (Å²) in [6, 6.07) is 0. The van der Waals surface area contributed by atoms with Crippen LogP contribution in [0.15, 0.2) is 0 Å². The lowest BCUT2D eigenvalue weighted by Crippen LogP contribution is -2.33. The van der Waals surface area contributed by atoms with Crippen molar-refractivity contribution in [1.29, 1.82) is 0 Å². The molecule has 1 aliphatic carbocycles. The van der Waals surface area contributed by atoms with E-state index in [1.807, 2.05) is 0 Å². The van der Waals surface area contributed by atoms with Crippen molar-refractivity contribution in [2.75, 3.05) is 13.1 Å². The van der Waals surface area contributed by atoms with Crippen molar-refractivity contribution < 1.29 is 0 Å². The van der Waals surface area contributed by atoms with Gasteiger partial charge in [0.25, 0.3) is 0 Å². The van der Waals surface area contributed by atoms with Crippen LogP contribution in [-0.4, -0.2) is 13.1 Å². The summed E-state index contributed by atoms with van der Waals surface area (Å²) in [7, 11) is 0. The average molecular weight is 211 g/mol. The molecule has 0 radical (unpaired) electrons. The Morgan fingerprint density at radius 3 is 2.27 bits per heavy atom. The summed E-state index contributed by atoms with van der Waals surface area (Å²) < 4.78 is 0. The maximum atomic E-state index is 3.53. The quantitative estimate of drug-likeness (QED) is 0.728. The minimum absolute atomic E-state index is 0.463. The predicted molar refractivity (Wildman–Crippen MR) is 68.1 cm³/mol. The second-order valence-corrected chi connectivity index (χ2v) is 6.26. The fourth-order valence-corrected chi connectivity index (χ4v) is 2.71. The van der Waals surface area contributed by atoms with Crippen molar-refractivity contribution in [2.45, 2.75) is 59.8 Å². The molecule has 0 heterocycles. The molecule has 1 aliphatic rings. The van der Waals surface area contributed by atoms with Gasteiger partial charge in [-0.05, 0) is 36.8 Å². The van der Waals surface area contributed by atoms with Crippen molar-refractivity contribution in [3.05, 3.63) is 0 Å². The second kappa shape index (κ2) is 5.89. The van der Waals surface area contributed by atoms with Gasteiger partial charge >= 0.3 is 0 Å². The molecule has 0 aromatic rings. The first-order chi connectivity index (χ1) is 7.04. The first-order valence-corrected chi connectivity index (χ1v) is 6.74. The van der Waals surface area contributed by atoms with E-state index in [9.17, 15) is 0 Å². The second-order valence-electron chi connectivity index (χ2n) is 6.26. The Kier molecular flexibility index (Phi) is 5.11. The van der Waals surface area contributed by atoms with Crippen molar-refractivity contribution in [1.82, 2.24) is 5.32 Å². The van der Waals surface area contributed by atoms with Crippen LogP contribution in [0, 0.1) is 17.3 Å². The lowest BCUT2D eigenvalue weighted by molar-refractivity contribution is 0.191. The molecule has 0 aromatic heterocycles. The molecule has 0 spiro atoms. The molecule has 1 heteroatoms. The molecule has 1 unspecified atom stereocenters. The Bertz CT molecular complexity index is 163. The fraction of sp³-hybridized carbons (Fsp3) is 1.00. The third-order valence-corrected chi connectivity index (χ3v) is 3.96. The van der Waals surface area contributed by atoms with Gasteiger partial charge in [-0.1, -0.05) is 53.4 Å². The molecule has 0 bridgehead atoms. The number of hydrogen-bond donors (Lipinski definition) is 1. The van der Waals surface area contributed by atoms with Crippen molar-refractivity contribution >= 4 is 0 Å². The van der Waals surface area contributed by atoms with E-state index in [1.165, 1.54) is 38.6 Å². The van der Waals surface area contributed by atoms with E-state index < -0.39 is 0 Å². The molecule has 1 fully saturated rings. The summed E-state index contributed by atoms with van der Waals surface area (Å²) in [5, 5.41) is 3.53. The number of rotatable bonds is 5. The van der Waals surface area contributed by atoms with Gasteiger partial charge in [0, 0.05) is 0 Å². The molecule has 1 atom stereocenters. The summed E-state index contributed by atoms with van der Waals surface area (Å²) in [6.45, 7) is 11.7. The summed E-state index contributed by atoms with van der Waals surface area (Å²) >= 11 is 0. The van der Waals surface area contributed by atoms with Crippen molar-refractivity contribution in [2.24, 2.45) is 17.3 Å². The SMILES string of the molecule is CCNCC(CC1CCCC1)C(C)(C)C. The third kappa shape index (κ3) is 4.55. The highest BCUT2D eigenvalue weighted by molar-refractivity contribution is 4.80. The highest BCUT2D eigenvalue weighted by Crippen LogP contribution is 2.36. The van der Waals surface area contributed by atoms with E-state index in [1.54, 1.807) is 0 Å². The Balaban J connectivity index is 2.40. The fourth-order valence-electron chi connectivity index (χ4n) is 2.71. The summed E-state index contributed by atoms with van der Waals surface area (Å²) in [5.41, 5.74) is 0.463. The predicted octanol–water partition coefficient (Wildman–Crippen LogP) is 3.84. The minimum atomic E-state index is 0.463. The summed E-state index contributed by atoms with van der Waals surface area (Å²) in [5.74, 6) is 1.87. The van der Waals surface area contributed by atoms with Crippen LogP contribution in [0.4, 0.5) is 0 Å². The molecule has 15 heavy (non-hydrogen) atoms. The van der Waals surface area contributed by atoms with Crippen LogP contribution in [0.3, 0.4) is 0 Å². The van der Waals surface area contributed by atoms with E-state index in [-0.39, 0.29) is 0 Å². The van der Waals surface area contributed by atoms with Crippen LogP contribution >= 0.6 is 0 Å². The van der Waals surface area contributed by atoms with Gasteiger partial charge in [0.15, 0.2) is 0 Å². The molecule has 0 amide bonds. The van der Waals surface area contributed by atoms with Gasteiger partial charge in [-0.2, -0.15) is 0 Å². The molecule has 0 aliphatic heterocycles. The number of hydrogen-bond acceptors (Lipinski definition) is 1. The first kappa shape index (κ1) is 13.0. The van der Waals surface area contributed by atoms with Gasteiger partial charge in [0.1, 0.15) is 0 Å². The molecule has 1 nitrogen and oxygen atoms in total. The molecule has 0 aromatic carbocycles. The maximum absolute atomic E-state index is 3.53. The van der Waals surface area contributed by atoms with Crippen LogP contribution < -0.4 is 5.32 Å². The van der Waals surface area contributed by atoms with Crippen LogP contribution in [0.25, 0.3) is 0 Å². The van der Waals surface area contributed by atoms with E-state index in [0.29, 0.717) is 5.41 Å². The highest BCUT2D eigenvalue weighted by Gasteiger charge is 2.28. The first-order valence-electron chi connectivity index (χ1n) is 6.74. The third-order valence-electron chi connectivity index (χ3n) is 3.96. The maximum Gasteiger partial charge on any atom is -0.00155 e. The summed E-state index contributed by atoms with van der Waals surface area (Å²) in [6.07, 6.45) is 7.36. The van der Waals surface area contributed by atoms with E-state index in [0.717, 1.165) is 18.4 Å². The zero-order valence-electron chi connectivity index (χ0n) is 11.1. The Morgan fingerprint density at radius 2 is 1.80 bits per heavy atom. The van der Waals surface area contributed by atoms with Gasteiger partial charge in [-0.25, -0.2) is 0 Å². The van der Waals surface area contributed by atoms with Gasteiger partial charge in [0.2, 0.25) is 0 Å². The number of nitrogens with one attached hydrogen (secondary N) is 1.